The first-order valence-electron chi connectivity index (χ1n) is 10.3. The monoisotopic (exact) mass is 457 g/mol. The highest BCUT2D eigenvalue weighted by atomic mass is 32.2. The zero-order chi connectivity index (χ0) is 22.4. The van der Waals surface area contributed by atoms with E-state index in [1.807, 2.05) is 35.2 Å². The van der Waals surface area contributed by atoms with Crippen molar-refractivity contribution in [3.8, 4) is 0 Å². The molecule has 0 bridgehead atoms. The SMILES string of the molecule is CC(C)(C)c1ccc(C(=O)N2CCN(c3nc4c(S(C)(=O)=O)cccc4s3)CC2)cc1. The Morgan fingerprint density at radius 1 is 1.00 bits per heavy atom. The summed E-state index contributed by atoms with van der Waals surface area (Å²) in [7, 11) is -3.34. The standard InChI is InChI=1S/C23H27N3O3S2/c1-23(2,3)17-10-8-16(9-11-17)21(27)25-12-14-26(15-13-25)22-24-20-18(30-22)6-5-7-19(20)31(4,28)29/h5-11H,12-15H2,1-4H3. The van der Waals surface area contributed by atoms with Crippen LogP contribution in [0.3, 0.4) is 0 Å². The molecule has 0 radical (unpaired) electrons. The Kier molecular flexibility index (Phi) is 5.55. The third-order valence-electron chi connectivity index (χ3n) is 5.61. The number of carbonyl (C=O) groups is 1. The first-order chi connectivity index (χ1) is 14.5. The number of piperazine rings is 1. The Morgan fingerprint density at radius 3 is 2.23 bits per heavy atom. The van der Waals surface area contributed by atoms with E-state index < -0.39 is 9.84 Å². The number of amides is 1. The summed E-state index contributed by atoms with van der Waals surface area (Å²) in [6.45, 7) is 9.01. The van der Waals surface area contributed by atoms with Crippen LogP contribution in [0.15, 0.2) is 47.4 Å². The van der Waals surface area contributed by atoms with E-state index >= 15 is 0 Å². The van der Waals surface area contributed by atoms with Crippen LogP contribution in [0.1, 0.15) is 36.7 Å². The van der Waals surface area contributed by atoms with E-state index in [9.17, 15) is 13.2 Å². The van der Waals surface area contributed by atoms with Crippen LogP contribution in [-0.4, -0.2) is 56.6 Å². The molecule has 1 fully saturated rings. The quantitative estimate of drug-likeness (QED) is 0.595. The number of aromatic nitrogens is 1. The number of benzene rings is 2. The van der Waals surface area contributed by atoms with Gasteiger partial charge in [0.25, 0.3) is 5.91 Å². The number of sulfone groups is 1. The highest BCUT2D eigenvalue weighted by molar-refractivity contribution is 7.91. The van der Waals surface area contributed by atoms with Gasteiger partial charge in [0.05, 0.1) is 9.60 Å². The van der Waals surface area contributed by atoms with Gasteiger partial charge in [0, 0.05) is 38.0 Å². The molecule has 0 unspecified atom stereocenters. The third kappa shape index (κ3) is 4.45. The van der Waals surface area contributed by atoms with Crippen LogP contribution in [0, 0.1) is 0 Å². The fraction of sp³-hybridized carbons (Fsp3) is 0.391. The van der Waals surface area contributed by atoms with Gasteiger partial charge in [-0.2, -0.15) is 0 Å². The van der Waals surface area contributed by atoms with Gasteiger partial charge in [-0.3, -0.25) is 4.79 Å². The summed E-state index contributed by atoms with van der Waals surface area (Å²) in [6, 6.07) is 13.1. The maximum Gasteiger partial charge on any atom is 0.253 e. The summed E-state index contributed by atoms with van der Waals surface area (Å²) in [5.41, 5.74) is 2.50. The molecular weight excluding hydrogens is 430 g/mol. The van der Waals surface area contributed by atoms with Crippen molar-refractivity contribution >= 4 is 42.4 Å². The topological polar surface area (TPSA) is 70.6 Å². The second kappa shape index (κ2) is 7.91. The normalized spacial score (nSPS) is 15.5. The van der Waals surface area contributed by atoms with Crippen molar-refractivity contribution in [3.63, 3.8) is 0 Å². The van der Waals surface area contributed by atoms with Crippen molar-refractivity contribution in [1.82, 2.24) is 9.88 Å². The molecule has 31 heavy (non-hydrogen) atoms. The van der Waals surface area contributed by atoms with Crippen LogP contribution in [-0.2, 0) is 15.3 Å². The summed E-state index contributed by atoms with van der Waals surface area (Å²) < 4.78 is 25.0. The third-order valence-corrected chi connectivity index (χ3v) is 7.82. The Balaban J connectivity index is 1.47. The molecule has 0 saturated carbocycles. The van der Waals surface area contributed by atoms with E-state index in [1.165, 1.54) is 23.2 Å². The zero-order valence-electron chi connectivity index (χ0n) is 18.3. The molecule has 0 atom stereocenters. The first kappa shape index (κ1) is 21.8. The second-order valence-electron chi connectivity index (χ2n) is 8.98. The van der Waals surface area contributed by atoms with Crippen molar-refractivity contribution in [3.05, 3.63) is 53.6 Å². The Labute approximate surface area is 187 Å². The number of fused-ring (bicyclic) bond motifs is 1. The van der Waals surface area contributed by atoms with E-state index in [0.29, 0.717) is 37.3 Å². The molecule has 2 heterocycles. The predicted molar refractivity (Wildman–Crippen MR) is 126 cm³/mol. The van der Waals surface area contributed by atoms with E-state index in [-0.39, 0.29) is 16.2 Å². The maximum atomic E-state index is 12.9. The molecule has 0 N–H and O–H groups in total. The molecule has 3 aromatic rings. The summed E-state index contributed by atoms with van der Waals surface area (Å²) >= 11 is 1.49. The summed E-state index contributed by atoms with van der Waals surface area (Å²) in [4.78, 5) is 21.8. The van der Waals surface area contributed by atoms with E-state index in [2.05, 4.69) is 30.7 Å². The first-order valence-corrected chi connectivity index (χ1v) is 13.0. The molecule has 6 nitrogen and oxygen atoms in total. The molecule has 4 rings (SSSR count). The molecule has 1 aliphatic heterocycles. The molecule has 0 aliphatic carbocycles. The highest BCUT2D eigenvalue weighted by Gasteiger charge is 2.25. The maximum absolute atomic E-state index is 12.9. The number of hydrogen-bond donors (Lipinski definition) is 0. The van der Waals surface area contributed by atoms with Gasteiger partial charge in [-0.25, -0.2) is 13.4 Å². The number of hydrogen-bond acceptors (Lipinski definition) is 6. The van der Waals surface area contributed by atoms with Crippen LogP contribution < -0.4 is 4.90 Å². The van der Waals surface area contributed by atoms with Crippen LogP contribution in [0.2, 0.25) is 0 Å². The Morgan fingerprint density at radius 2 is 1.65 bits per heavy atom. The van der Waals surface area contributed by atoms with Gasteiger partial charge in [-0.1, -0.05) is 50.3 Å². The molecular formula is C23H27N3O3S2. The molecule has 8 heteroatoms. The van der Waals surface area contributed by atoms with Crippen molar-refractivity contribution < 1.29 is 13.2 Å². The summed E-state index contributed by atoms with van der Waals surface area (Å²) in [5.74, 6) is 0.0452. The van der Waals surface area contributed by atoms with E-state index in [1.54, 1.807) is 12.1 Å². The van der Waals surface area contributed by atoms with Gasteiger partial charge in [-0.05, 0) is 35.2 Å². The van der Waals surface area contributed by atoms with Crippen LogP contribution in [0.25, 0.3) is 10.2 Å². The largest absolute Gasteiger partial charge is 0.345 e. The number of thiazole rings is 1. The predicted octanol–water partition coefficient (Wildman–Crippen LogP) is 3.96. The molecule has 1 saturated heterocycles. The fourth-order valence-corrected chi connectivity index (χ4v) is 5.68. The number of carbonyl (C=O) groups excluding carboxylic acids is 1. The van der Waals surface area contributed by atoms with Gasteiger partial charge in [0.2, 0.25) is 0 Å². The average Bonchev–Trinajstić information content (AvgIpc) is 3.16. The fourth-order valence-electron chi connectivity index (χ4n) is 3.74. The van der Waals surface area contributed by atoms with Crippen molar-refractivity contribution in [2.75, 3.05) is 37.3 Å². The van der Waals surface area contributed by atoms with Gasteiger partial charge >= 0.3 is 0 Å². The minimum atomic E-state index is -3.34. The van der Waals surface area contributed by atoms with Crippen LogP contribution in [0.4, 0.5) is 5.13 Å². The summed E-state index contributed by atoms with van der Waals surface area (Å²) in [5, 5.41) is 0.799. The molecule has 164 valence electrons. The molecule has 1 aromatic heterocycles. The Hall–Kier alpha value is -2.45. The van der Waals surface area contributed by atoms with Crippen molar-refractivity contribution in [2.24, 2.45) is 0 Å². The number of rotatable bonds is 3. The van der Waals surface area contributed by atoms with Crippen LogP contribution in [0.5, 0.6) is 0 Å². The minimum absolute atomic E-state index is 0.0452. The lowest BCUT2D eigenvalue weighted by Crippen LogP contribution is -2.48. The van der Waals surface area contributed by atoms with Crippen molar-refractivity contribution in [2.45, 2.75) is 31.1 Å². The lowest BCUT2D eigenvalue weighted by atomic mass is 9.86. The Bertz CT molecular complexity index is 1220. The van der Waals surface area contributed by atoms with Gasteiger partial charge in [-0.15, -0.1) is 0 Å². The zero-order valence-corrected chi connectivity index (χ0v) is 19.9. The lowest BCUT2D eigenvalue weighted by Gasteiger charge is -2.34. The van der Waals surface area contributed by atoms with Gasteiger partial charge in [0.1, 0.15) is 5.52 Å². The molecule has 1 amide bonds. The average molecular weight is 458 g/mol. The minimum Gasteiger partial charge on any atom is -0.345 e. The second-order valence-corrected chi connectivity index (χ2v) is 12.0. The number of anilines is 1. The molecule has 2 aromatic carbocycles. The number of para-hydroxylation sites is 1. The molecule has 0 spiro atoms. The van der Waals surface area contributed by atoms with Crippen LogP contribution >= 0.6 is 11.3 Å². The highest BCUT2D eigenvalue weighted by Crippen LogP contribution is 2.33. The van der Waals surface area contributed by atoms with Crippen molar-refractivity contribution in [1.29, 1.82) is 0 Å². The summed E-state index contributed by atoms with van der Waals surface area (Å²) in [6.07, 6.45) is 1.21. The lowest BCUT2D eigenvalue weighted by molar-refractivity contribution is 0.0746. The van der Waals surface area contributed by atoms with Gasteiger partial charge < -0.3 is 9.80 Å². The van der Waals surface area contributed by atoms with Gasteiger partial charge in [0.15, 0.2) is 15.0 Å². The van der Waals surface area contributed by atoms with E-state index in [0.717, 1.165) is 9.83 Å². The smallest absolute Gasteiger partial charge is 0.253 e. The molecule has 1 aliphatic rings. The van der Waals surface area contributed by atoms with E-state index in [4.69, 9.17) is 0 Å². The number of nitrogens with zero attached hydrogens (tertiary/aromatic N) is 3.